The van der Waals surface area contributed by atoms with Gasteiger partial charge in [0.25, 0.3) is 0 Å². The molecule has 2 unspecified atom stereocenters. The fourth-order valence-electron chi connectivity index (χ4n) is 4.46. The number of allylic oxidation sites excluding steroid dienone is 6. The van der Waals surface area contributed by atoms with Crippen LogP contribution in [-0.4, -0.2) is 74.9 Å². The largest absolute Gasteiger partial charge is 0.472 e. The zero-order valence-corrected chi connectivity index (χ0v) is 31.4. The van der Waals surface area contributed by atoms with Crippen molar-refractivity contribution in [3.8, 4) is 0 Å². The topological polar surface area (TPSA) is 108 Å². The quantitative estimate of drug-likeness (QED) is 0.0245. The summed E-state index contributed by atoms with van der Waals surface area (Å²) in [6, 6.07) is 0. The number of phosphoric acid groups is 1. The second-order valence-electron chi connectivity index (χ2n) is 13.2. The van der Waals surface area contributed by atoms with Gasteiger partial charge in [-0.25, -0.2) is 4.57 Å². The summed E-state index contributed by atoms with van der Waals surface area (Å²) in [4.78, 5) is 35.0. The van der Waals surface area contributed by atoms with E-state index in [0.717, 1.165) is 44.9 Å². The molecular weight excluding hydrogens is 617 g/mol. The molecule has 0 heterocycles. The number of rotatable bonds is 32. The van der Waals surface area contributed by atoms with Gasteiger partial charge in [0.1, 0.15) is 19.8 Å². The highest BCUT2D eigenvalue weighted by molar-refractivity contribution is 7.47. The molecule has 0 spiro atoms. The maximum absolute atomic E-state index is 12.5. The van der Waals surface area contributed by atoms with E-state index in [0.29, 0.717) is 23.9 Å². The zero-order chi connectivity index (χ0) is 35.1. The second kappa shape index (κ2) is 30.3. The van der Waals surface area contributed by atoms with Crippen LogP contribution in [0.1, 0.15) is 136 Å². The molecule has 0 radical (unpaired) electrons. The predicted octanol–water partition coefficient (Wildman–Crippen LogP) is 9.40. The summed E-state index contributed by atoms with van der Waals surface area (Å²) in [6.45, 7) is 4.25. The molecule has 0 aromatic rings. The molecule has 1 N–H and O–H groups in total. The zero-order valence-electron chi connectivity index (χ0n) is 30.5. The summed E-state index contributed by atoms with van der Waals surface area (Å²) in [5, 5.41) is 0. The van der Waals surface area contributed by atoms with Crippen molar-refractivity contribution >= 4 is 19.8 Å². The van der Waals surface area contributed by atoms with Gasteiger partial charge in [-0.1, -0.05) is 108 Å². The van der Waals surface area contributed by atoms with Gasteiger partial charge < -0.3 is 18.9 Å². The van der Waals surface area contributed by atoms with Crippen LogP contribution >= 0.6 is 7.82 Å². The standard InChI is InChI=1S/C37H68NO8P/c1-6-8-10-12-14-16-18-19-20-22-24-26-28-30-37(40)46-35(34-45-47(41,42)44-32-31-38(3,4)5)33-43-36(39)29-27-25-23-21-17-15-13-11-9-7-2/h13,15,19-20,24,26,35H,6-12,14,16-18,21-23,25,27-34H2,1-5H3/p+1/b15-13+,20-19+,26-24+. The highest BCUT2D eigenvalue weighted by atomic mass is 31.2. The molecule has 0 aromatic heterocycles. The van der Waals surface area contributed by atoms with Gasteiger partial charge in [-0.15, -0.1) is 0 Å². The van der Waals surface area contributed by atoms with Crippen LogP contribution in [0.15, 0.2) is 36.5 Å². The Labute approximate surface area is 287 Å². The lowest BCUT2D eigenvalue weighted by atomic mass is 10.1. The van der Waals surface area contributed by atoms with E-state index in [1.807, 2.05) is 33.3 Å². The molecule has 0 saturated heterocycles. The minimum atomic E-state index is -4.38. The number of esters is 2. The Morgan fingerprint density at radius 3 is 1.85 bits per heavy atom. The molecule has 10 heteroatoms. The Hall–Kier alpha value is -1.77. The lowest BCUT2D eigenvalue weighted by Crippen LogP contribution is -2.37. The van der Waals surface area contributed by atoms with E-state index in [9.17, 15) is 19.0 Å². The Kier molecular flexibility index (Phi) is 29.2. The van der Waals surface area contributed by atoms with Crippen LogP contribution in [0.25, 0.3) is 0 Å². The van der Waals surface area contributed by atoms with E-state index < -0.39 is 32.5 Å². The molecule has 0 saturated carbocycles. The van der Waals surface area contributed by atoms with Crippen LogP contribution in [-0.2, 0) is 32.7 Å². The van der Waals surface area contributed by atoms with Gasteiger partial charge in [-0.2, -0.15) is 0 Å². The Bertz CT molecular complexity index is 913. The lowest BCUT2D eigenvalue weighted by molar-refractivity contribution is -0.870. The van der Waals surface area contributed by atoms with Gasteiger partial charge >= 0.3 is 19.8 Å². The Morgan fingerprint density at radius 2 is 1.21 bits per heavy atom. The molecule has 0 aliphatic rings. The first kappa shape index (κ1) is 45.2. The molecule has 2 atom stereocenters. The molecule has 0 amide bonds. The maximum atomic E-state index is 12.5. The number of hydrogen-bond acceptors (Lipinski definition) is 7. The Balaban J connectivity index is 4.59. The molecular formula is C37H69NO8P+. The number of phosphoric ester groups is 1. The average molecular weight is 687 g/mol. The summed E-state index contributed by atoms with van der Waals surface area (Å²) in [5.74, 6) is -0.898. The number of carbonyl (C=O) groups excluding carboxylic acids is 2. The molecule has 0 aliphatic heterocycles. The van der Waals surface area contributed by atoms with E-state index >= 15 is 0 Å². The van der Waals surface area contributed by atoms with Crippen molar-refractivity contribution < 1.29 is 42.1 Å². The highest BCUT2D eigenvalue weighted by Crippen LogP contribution is 2.43. The third-order valence-corrected chi connectivity index (χ3v) is 8.39. The maximum Gasteiger partial charge on any atom is 0.472 e. The van der Waals surface area contributed by atoms with E-state index in [-0.39, 0.29) is 26.1 Å². The summed E-state index contributed by atoms with van der Waals surface area (Å²) >= 11 is 0. The first-order valence-corrected chi connectivity index (χ1v) is 19.7. The monoisotopic (exact) mass is 686 g/mol. The second-order valence-corrected chi connectivity index (χ2v) is 14.7. The molecule has 0 fully saturated rings. The highest BCUT2D eigenvalue weighted by Gasteiger charge is 2.27. The molecule has 0 rings (SSSR count). The van der Waals surface area contributed by atoms with Crippen molar-refractivity contribution in [3.63, 3.8) is 0 Å². The average Bonchev–Trinajstić information content (AvgIpc) is 3.01. The van der Waals surface area contributed by atoms with Crippen LogP contribution in [0.5, 0.6) is 0 Å². The van der Waals surface area contributed by atoms with Crippen molar-refractivity contribution in [1.29, 1.82) is 0 Å². The first-order valence-electron chi connectivity index (χ1n) is 18.2. The van der Waals surface area contributed by atoms with E-state index in [1.54, 1.807) is 0 Å². The van der Waals surface area contributed by atoms with Gasteiger partial charge in [-0.3, -0.25) is 18.6 Å². The molecule has 47 heavy (non-hydrogen) atoms. The first-order chi connectivity index (χ1) is 22.5. The fourth-order valence-corrected chi connectivity index (χ4v) is 5.20. The minimum absolute atomic E-state index is 0.0203. The van der Waals surface area contributed by atoms with Crippen LogP contribution in [0.4, 0.5) is 0 Å². The van der Waals surface area contributed by atoms with Crippen LogP contribution in [0.2, 0.25) is 0 Å². The van der Waals surface area contributed by atoms with E-state index in [1.165, 1.54) is 51.4 Å². The van der Waals surface area contributed by atoms with Crippen molar-refractivity contribution in [1.82, 2.24) is 0 Å². The summed E-state index contributed by atoms with van der Waals surface area (Å²) < 4.78 is 34.0. The van der Waals surface area contributed by atoms with Crippen molar-refractivity contribution in [3.05, 3.63) is 36.5 Å². The van der Waals surface area contributed by atoms with Crippen LogP contribution < -0.4 is 0 Å². The number of hydrogen-bond donors (Lipinski definition) is 1. The summed E-state index contributed by atoms with van der Waals surface area (Å²) in [6.07, 6.45) is 30.7. The predicted molar refractivity (Wildman–Crippen MR) is 192 cm³/mol. The number of ether oxygens (including phenoxy) is 2. The normalized spacial score (nSPS) is 14.3. The SMILES string of the molecule is CCCC/C=C/CCCCCCC(=O)OCC(COP(=O)(O)OCC[N+](C)(C)C)OC(=O)CC/C=C/C/C=C/CCCCCCCC. The number of unbranched alkanes of at least 4 members (excludes halogenated alkanes) is 12. The van der Waals surface area contributed by atoms with E-state index in [4.69, 9.17) is 18.5 Å². The molecule has 9 nitrogen and oxygen atoms in total. The molecule has 0 aromatic carbocycles. The van der Waals surface area contributed by atoms with Crippen molar-refractivity contribution in [2.24, 2.45) is 0 Å². The minimum Gasteiger partial charge on any atom is -0.462 e. The molecule has 274 valence electrons. The molecule has 0 aliphatic carbocycles. The van der Waals surface area contributed by atoms with Gasteiger partial charge in [0.05, 0.1) is 27.7 Å². The lowest BCUT2D eigenvalue weighted by Gasteiger charge is -2.24. The smallest absolute Gasteiger partial charge is 0.462 e. The van der Waals surface area contributed by atoms with Gasteiger partial charge in [0.15, 0.2) is 6.10 Å². The molecule has 0 bridgehead atoms. The third-order valence-electron chi connectivity index (χ3n) is 7.41. The van der Waals surface area contributed by atoms with Crippen LogP contribution in [0.3, 0.4) is 0 Å². The fraction of sp³-hybridized carbons (Fsp3) is 0.784. The van der Waals surface area contributed by atoms with E-state index in [2.05, 4.69) is 38.2 Å². The summed E-state index contributed by atoms with van der Waals surface area (Å²) in [7, 11) is 1.43. The van der Waals surface area contributed by atoms with Gasteiger partial charge in [-0.05, 0) is 51.4 Å². The third kappa shape index (κ3) is 33.9. The van der Waals surface area contributed by atoms with Crippen molar-refractivity contribution in [2.75, 3.05) is 47.5 Å². The number of nitrogens with zero attached hydrogens (tertiary/aromatic N) is 1. The van der Waals surface area contributed by atoms with Gasteiger partial charge in [0, 0.05) is 12.8 Å². The Morgan fingerprint density at radius 1 is 0.660 bits per heavy atom. The number of likely N-dealkylation sites (N-methyl/N-ethyl adjacent to an activating group) is 1. The number of quaternary nitrogens is 1. The van der Waals surface area contributed by atoms with Crippen molar-refractivity contribution in [2.45, 2.75) is 142 Å². The van der Waals surface area contributed by atoms with Gasteiger partial charge in [0.2, 0.25) is 0 Å². The van der Waals surface area contributed by atoms with Crippen LogP contribution in [0, 0.1) is 0 Å². The summed E-state index contributed by atoms with van der Waals surface area (Å²) in [5.41, 5.74) is 0. The number of carbonyl (C=O) groups is 2.